The number of amidine groups is 1. The Morgan fingerprint density at radius 2 is 1.79 bits per heavy atom. The molecule has 1 aliphatic rings. The van der Waals surface area contributed by atoms with Crippen LogP contribution in [0, 0.1) is 12.3 Å². The fraction of sp³-hybridized carbons (Fsp3) is 0.321. The molecule has 11 heteroatoms. The third-order valence-corrected chi connectivity index (χ3v) is 5.90. The number of benzodiazepines with no additional fused rings is 1. The van der Waals surface area contributed by atoms with Gasteiger partial charge in [-0.1, -0.05) is 76.2 Å². The van der Waals surface area contributed by atoms with Gasteiger partial charge in [0, 0.05) is 24.8 Å². The zero-order chi connectivity index (χ0) is 28.8. The number of amides is 1. The largest absolute Gasteiger partial charge is 0.405 e. The fourth-order valence-corrected chi connectivity index (χ4v) is 4.27. The zero-order valence-corrected chi connectivity index (χ0v) is 24.1. The van der Waals surface area contributed by atoms with Gasteiger partial charge in [0.15, 0.2) is 5.69 Å². The van der Waals surface area contributed by atoms with Crippen molar-refractivity contribution < 1.29 is 14.3 Å². The number of aromatic nitrogens is 1. The molecule has 2 aromatic carbocycles. The molecule has 0 radical (unpaired) electrons. The summed E-state index contributed by atoms with van der Waals surface area (Å²) in [5.41, 5.74) is 9.10. The first-order valence-electron chi connectivity index (χ1n) is 12.8. The van der Waals surface area contributed by atoms with E-state index < -0.39 is 12.1 Å². The number of nitrogens with zero attached hydrogens (tertiary/aromatic N) is 3. The number of fused-ring (bicyclic) bond motifs is 1. The van der Waals surface area contributed by atoms with Gasteiger partial charge in [-0.3, -0.25) is 10.2 Å². The number of carbonyl (C=O) groups is 1. The van der Waals surface area contributed by atoms with Crippen LogP contribution in [-0.2, 0) is 14.3 Å². The third-order valence-electron chi connectivity index (χ3n) is 4.97. The number of rotatable bonds is 7. The molecule has 4 rings (SSSR count). The van der Waals surface area contributed by atoms with Gasteiger partial charge in [0.1, 0.15) is 5.00 Å². The molecule has 5 N–H and O–H groups in total. The van der Waals surface area contributed by atoms with Gasteiger partial charge in [-0.25, -0.2) is 9.98 Å². The second-order valence-corrected chi connectivity index (χ2v) is 8.68. The second kappa shape index (κ2) is 16.0. The van der Waals surface area contributed by atoms with Gasteiger partial charge in [-0.05, 0) is 13.0 Å². The van der Waals surface area contributed by atoms with E-state index in [9.17, 15) is 4.79 Å². The van der Waals surface area contributed by atoms with Crippen molar-refractivity contribution in [3.63, 3.8) is 0 Å². The van der Waals surface area contributed by atoms with Gasteiger partial charge in [0.05, 0.1) is 23.0 Å². The highest BCUT2D eigenvalue weighted by Crippen LogP contribution is 2.26. The Kier molecular flexibility index (Phi) is 12.8. The highest BCUT2D eigenvalue weighted by atomic mass is 32.1. The van der Waals surface area contributed by atoms with E-state index in [-0.39, 0.29) is 11.9 Å². The van der Waals surface area contributed by atoms with E-state index in [1.165, 1.54) is 11.3 Å². The Balaban J connectivity index is 0.00000127. The topological polar surface area (TPSA) is 147 Å². The summed E-state index contributed by atoms with van der Waals surface area (Å²) in [4.78, 5) is 26.1. The van der Waals surface area contributed by atoms with Crippen LogP contribution in [-0.4, -0.2) is 54.9 Å². The molecule has 0 saturated carbocycles. The van der Waals surface area contributed by atoms with Crippen LogP contribution in [0.2, 0.25) is 0 Å². The number of benzene rings is 2. The lowest BCUT2D eigenvalue weighted by molar-refractivity contribution is -0.117. The molecule has 0 bridgehead atoms. The summed E-state index contributed by atoms with van der Waals surface area (Å²) in [5, 5.41) is 15.8. The van der Waals surface area contributed by atoms with Crippen LogP contribution >= 0.6 is 11.3 Å². The molecular formula is C28H37N7O3S. The molecule has 1 unspecified atom stereocenters. The summed E-state index contributed by atoms with van der Waals surface area (Å²) < 4.78 is 10.5. The number of ether oxygens (including phenoxy) is 2. The molecule has 1 aromatic heterocycles. The van der Waals surface area contributed by atoms with Gasteiger partial charge in [-0.2, -0.15) is 4.99 Å². The zero-order valence-electron chi connectivity index (χ0n) is 23.2. The number of methoxy groups -OCH3 is 1. The number of anilines is 2. The summed E-state index contributed by atoms with van der Waals surface area (Å²) >= 11 is 1.38. The number of aliphatic imine (C=N–C) groups is 2. The van der Waals surface area contributed by atoms with E-state index in [2.05, 4.69) is 25.6 Å². The Hall–Kier alpha value is -4.09. The maximum atomic E-state index is 12.9. The smallest absolute Gasteiger partial charge is 0.291 e. The molecule has 0 saturated heterocycles. The van der Waals surface area contributed by atoms with Crippen molar-refractivity contribution in [2.45, 2.75) is 40.8 Å². The quantitative estimate of drug-likeness (QED) is 0.184. The Morgan fingerprint density at radius 1 is 1.13 bits per heavy atom. The monoisotopic (exact) mass is 551 g/mol. The van der Waals surface area contributed by atoms with E-state index in [1.54, 1.807) is 13.2 Å². The molecule has 10 nitrogen and oxygen atoms in total. The number of carbonyl (C=O) groups excluding carboxylic acids is 1. The number of nitrogens with one attached hydrogen (secondary N) is 3. The Morgan fingerprint density at radius 3 is 2.49 bits per heavy atom. The third kappa shape index (κ3) is 8.45. The molecule has 1 aliphatic heterocycles. The summed E-state index contributed by atoms with van der Waals surface area (Å²) in [6, 6.07) is 16.5. The number of hydrogen-bond acceptors (Lipinski definition) is 9. The highest BCUT2D eigenvalue weighted by Gasteiger charge is 2.26. The highest BCUT2D eigenvalue weighted by molar-refractivity contribution is 7.16. The van der Waals surface area contributed by atoms with E-state index in [0.29, 0.717) is 35.2 Å². The summed E-state index contributed by atoms with van der Waals surface area (Å²) in [6.45, 7) is 10.9. The summed E-state index contributed by atoms with van der Waals surface area (Å²) in [7, 11) is 1.61. The van der Waals surface area contributed by atoms with Crippen molar-refractivity contribution in [2.24, 2.45) is 15.7 Å². The molecule has 0 spiro atoms. The number of para-hydroxylation sites is 1. The van der Waals surface area contributed by atoms with Gasteiger partial charge in [0.25, 0.3) is 11.9 Å². The molecule has 208 valence electrons. The molecule has 1 amide bonds. The van der Waals surface area contributed by atoms with Crippen LogP contribution < -0.4 is 16.4 Å². The normalized spacial score (nSPS) is 14.2. The molecule has 39 heavy (non-hydrogen) atoms. The minimum atomic E-state index is -1.21. The van der Waals surface area contributed by atoms with Crippen molar-refractivity contribution in [2.75, 3.05) is 30.9 Å². The van der Waals surface area contributed by atoms with Crippen LogP contribution in [0.15, 0.2) is 64.6 Å². The van der Waals surface area contributed by atoms with Crippen LogP contribution in [0.5, 0.6) is 0 Å². The maximum Gasteiger partial charge on any atom is 0.291 e. The minimum Gasteiger partial charge on any atom is -0.405 e. The first kappa shape index (κ1) is 31.1. The maximum absolute atomic E-state index is 12.9. The number of hydrogen-bond donors (Lipinski definition) is 4. The summed E-state index contributed by atoms with van der Waals surface area (Å²) in [5.74, 6) is -0.756. The van der Waals surface area contributed by atoms with E-state index in [4.69, 9.17) is 20.6 Å². The minimum absolute atomic E-state index is 0.292. The van der Waals surface area contributed by atoms with E-state index in [1.807, 2.05) is 83.1 Å². The number of nitrogens with two attached hydrogens (primary N) is 1. The number of aryl methyl sites for hydroxylation is 1. The Bertz CT molecular complexity index is 1290. The van der Waals surface area contributed by atoms with Crippen LogP contribution in [0.25, 0.3) is 0 Å². The van der Waals surface area contributed by atoms with Crippen molar-refractivity contribution in [3.05, 3.63) is 76.4 Å². The van der Waals surface area contributed by atoms with Gasteiger partial charge in [0.2, 0.25) is 12.1 Å². The predicted molar refractivity (Wildman–Crippen MR) is 160 cm³/mol. The SMILES string of the molecule is CC.CC.COCCNc1sc(C)nc1C(=N)O/C(N)=N/C1N=C(c2ccccc2)c2ccccc2NC1=O. The summed E-state index contributed by atoms with van der Waals surface area (Å²) in [6.07, 6.45) is -1.21. The molecule has 0 aliphatic carbocycles. The average molecular weight is 552 g/mol. The molecule has 1 atom stereocenters. The van der Waals surface area contributed by atoms with Crippen molar-refractivity contribution in [3.8, 4) is 0 Å². The molecule has 0 fully saturated rings. The van der Waals surface area contributed by atoms with E-state index in [0.717, 1.165) is 16.1 Å². The predicted octanol–water partition coefficient (Wildman–Crippen LogP) is 5.03. The van der Waals surface area contributed by atoms with E-state index >= 15 is 0 Å². The Labute approximate surface area is 233 Å². The van der Waals surface area contributed by atoms with Crippen LogP contribution in [0.3, 0.4) is 0 Å². The van der Waals surface area contributed by atoms with Gasteiger partial charge >= 0.3 is 0 Å². The lowest BCUT2D eigenvalue weighted by Crippen LogP contribution is -2.29. The average Bonchev–Trinajstić information content (AvgIpc) is 3.27. The van der Waals surface area contributed by atoms with Crippen molar-refractivity contribution >= 4 is 45.6 Å². The van der Waals surface area contributed by atoms with Crippen molar-refractivity contribution in [1.29, 1.82) is 5.41 Å². The van der Waals surface area contributed by atoms with Gasteiger partial charge < -0.3 is 25.8 Å². The van der Waals surface area contributed by atoms with Crippen LogP contribution in [0.1, 0.15) is 49.5 Å². The molecular weight excluding hydrogens is 514 g/mol. The lowest BCUT2D eigenvalue weighted by atomic mass is 10.0. The standard InChI is InChI=1S/C24H25N7O3S.2C2H6/c1-14-28-19(23(35-14)27-12-13-33-2)20(25)34-24(26)31-21-22(32)29-17-11-7-6-10-16(17)18(30-21)15-8-4-3-5-9-15;2*1-2/h3-11,21,25,27H,12-13H2,1-2H3,(H2,26,31)(H,29,32);2*1-2H3. The van der Waals surface area contributed by atoms with Crippen LogP contribution in [0.4, 0.5) is 10.7 Å². The van der Waals surface area contributed by atoms with Crippen molar-refractivity contribution in [1.82, 2.24) is 4.98 Å². The molecule has 3 aromatic rings. The van der Waals surface area contributed by atoms with Gasteiger partial charge in [-0.15, -0.1) is 11.3 Å². The second-order valence-electron chi connectivity index (χ2n) is 7.48. The first-order valence-corrected chi connectivity index (χ1v) is 13.6. The first-order chi connectivity index (χ1) is 19.0. The lowest BCUT2D eigenvalue weighted by Gasteiger charge is -2.10. The fourth-order valence-electron chi connectivity index (χ4n) is 3.43. The number of thiazole rings is 1. The molecule has 2 heterocycles.